The molecule has 5 heteroatoms. The highest BCUT2D eigenvalue weighted by atomic mass is 16.2. The fourth-order valence-corrected chi connectivity index (χ4v) is 3.99. The molecule has 1 heterocycles. The van der Waals surface area contributed by atoms with Crippen LogP contribution in [-0.4, -0.2) is 26.9 Å². The topological polar surface area (TPSA) is 55.2 Å². The summed E-state index contributed by atoms with van der Waals surface area (Å²) in [5.41, 5.74) is 3.48. The molecule has 0 saturated heterocycles. The van der Waals surface area contributed by atoms with Crippen molar-refractivity contribution < 1.29 is 4.79 Å². The number of carbonyl (C=O) groups excluding carboxylic acids is 1. The SMILES string of the molecule is CCN(C(=O)CC(C)C)[C@@H](C)c1nc2ccccc2c(=O)n1-c1ccc(C)cc1C. The molecular formula is C25H31N3O2. The highest BCUT2D eigenvalue weighted by Gasteiger charge is 2.26. The van der Waals surface area contributed by atoms with E-state index < -0.39 is 0 Å². The maximum Gasteiger partial charge on any atom is 0.266 e. The molecule has 0 unspecified atom stereocenters. The maximum atomic E-state index is 13.6. The third-order valence-corrected chi connectivity index (χ3v) is 5.48. The van der Waals surface area contributed by atoms with E-state index in [0.717, 1.165) is 16.8 Å². The lowest BCUT2D eigenvalue weighted by molar-refractivity contribution is -0.134. The van der Waals surface area contributed by atoms with Crippen molar-refractivity contribution in [2.75, 3.05) is 6.54 Å². The first-order chi connectivity index (χ1) is 14.2. The van der Waals surface area contributed by atoms with Crippen molar-refractivity contribution >= 4 is 16.8 Å². The van der Waals surface area contributed by atoms with Crippen molar-refractivity contribution in [3.8, 4) is 5.69 Å². The van der Waals surface area contributed by atoms with Gasteiger partial charge in [0.1, 0.15) is 5.82 Å². The van der Waals surface area contributed by atoms with Crippen LogP contribution in [0.1, 0.15) is 57.1 Å². The molecule has 0 radical (unpaired) electrons. The van der Waals surface area contributed by atoms with Crippen LogP contribution in [0.15, 0.2) is 47.3 Å². The van der Waals surface area contributed by atoms with Gasteiger partial charge in [0.25, 0.3) is 5.56 Å². The van der Waals surface area contributed by atoms with Crippen molar-refractivity contribution in [1.82, 2.24) is 14.5 Å². The number of hydrogen-bond acceptors (Lipinski definition) is 3. The minimum atomic E-state index is -0.334. The first kappa shape index (κ1) is 21.8. The molecule has 3 rings (SSSR count). The molecule has 1 amide bonds. The number of hydrogen-bond donors (Lipinski definition) is 0. The zero-order chi connectivity index (χ0) is 22.0. The average molecular weight is 406 g/mol. The van der Waals surface area contributed by atoms with Crippen LogP contribution in [0.25, 0.3) is 16.6 Å². The molecule has 30 heavy (non-hydrogen) atoms. The minimum absolute atomic E-state index is 0.0783. The van der Waals surface area contributed by atoms with Crippen LogP contribution in [0.2, 0.25) is 0 Å². The smallest absolute Gasteiger partial charge is 0.266 e. The number of nitrogens with zero attached hydrogens (tertiary/aromatic N) is 3. The van der Waals surface area contributed by atoms with E-state index in [2.05, 4.69) is 6.07 Å². The lowest BCUT2D eigenvalue weighted by Gasteiger charge is -2.30. The van der Waals surface area contributed by atoms with Gasteiger partial charge in [0, 0.05) is 13.0 Å². The van der Waals surface area contributed by atoms with E-state index in [1.807, 2.05) is 76.8 Å². The van der Waals surface area contributed by atoms with Gasteiger partial charge in [0.15, 0.2) is 0 Å². The highest BCUT2D eigenvalue weighted by Crippen LogP contribution is 2.25. The van der Waals surface area contributed by atoms with E-state index in [-0.39, 0.29) is 23.4 Å². The summed E-state index contributed by atoms with van der Waals surface area (Å²) in [6.45, 7) is 12.6. The molecular weight excluding hydrogens is 374 g/mol. The highest BCUT2D eigenvalue weighted by molar-refractivity contribution is 5.79. The third kappa shape index (κ3) is 4.16. The lowest BCUT2D eigenvalue weighted by Crippen LogP contribution is -2.37. The molecule has 0 saturated carbocycles. The van der Waals surface area contributed by atoms with E-state index in [9.17, 15) is 9.59 Å². The number of amides is 1. The third-order valence-electron chi connectivity index (χ3n) is 5.48. The fourth-order valence-electron chi connectivity index (χ4n) is 3.99. The van der Waals surface area contributed by atoms with Gasteiger partial charge in [-0.1, -0.05) is 43.7 Å². The van der Waals surface area contributed by atoms with Crippen molar-refractivity contribution in [2.45, 2.75) is 54.0 Å². The molecule has 1 aromatic heterocycles. The second-order valence-electron chi connectivity index (χ2n) is 8.37. The predicted molar refractivity (Wildman–Crippen MR) is 122 cm³/mol. The van der Waals surface area contributed by atoms with E-state index in [0.29, 0.717) is 29.7 Å². The van der Waals surface area contributed by atoms with E-state index in [1.165, 1.54) is 0 Å². The summed E-state index contributed by atoms with van der Waals surface area (Å²) in [6, 6.07) is 13.1. The average Bonchev–Trinajstić information content (AvgIpc) is 2.68. The summed E-state index contributed by atoms with van der Waals surface area (Å²) < 4.78 is 1.69. The molecule has 0 fully saturated rings. The number of fused-ring (bicyclic) bond motifs is 1. The van der Waals surface area contributed by atoms with Crippen LogP contribution in [-0.2, 0) is 4.79 Å². The summed E-state index contributed by atoms with van der Waals surface area (Å²) >= 11 is 0. The monoisotopic (exact) mass is 405 g/mol. The molecule has 0 aliphatic rings. The van der Waals surface area contributed by atoms with Crippen LogP contribution in [0.3, 0.4) is 0 Å². The Morgan fingerprint density at radius 3 is 2.43 bits per heavy atom. The number of aryl methyl sites for hydroxylation is 2. The Hall–Kier alpha value is -2.95. The molecule has 158 valence electrons. The van der Waals surface area contributed by atoms with E-state index in [1.54, 1.807) is 10.6 Å². The van der Waals surface area contributed by atoms with Gasteiger partial charge in [-0.3, -0.25) is 14.2 Å². The molecule has 0 bridgehead atoms. The largest absolute Gasteiger partial charge is 0.333 e. The van der Waals surface area contributed by atoms with Crippen LogP contribution >= 0.6 is 0 Å². The number of aromatic nitrogens is 2. The summed E-state index contributed by atoms with van der Waals surface area (Å²) in [7, 11) is 0. The summed E-state index contributed by atoms with van der Waals surface area (Å²) in [5, 5.41) is 0.574. The van der Waals surface area contributed by atoms with Gasteiger partial charge in [0.2, 0.25) is 5.91 Å². The molecule has 0 N–H and O–H groups in total. The molecule has 3 aromatic rings. The van der Waals surface area contributed by atoms with E-state index in [4.69, 9.17) is 4.98 Å². The van der Waals surface area contributed by atoms with Crippen LogP contribution in [0.5, 0.6) is 0 Å². The lowest BCUT2D eigenvalue weighted by atomic mass is 10.1. The van der Waals surface area contributed by atoms with Gasteiger partial charge in [-0.25, -0.2) is 4.98 Å². The Labute approximate surface area is 178 Å². The van der Waals surface area contributed by atoms with Gasteiger partial charge in [-0.05, 0) is 57.4 Å². The number of benzene rings is 2. The summed E-state index contributed by atoms with van der Waals surface area (Å²) in [5.74, 6) is 0.934. The Balaban J connectivity index is 2.27. The molecule has 5 nitrogen and oxygen atoms in total. The first-order valence-corrected chi connectivity index (χ1v) is 10.6. The molecule has 2 aromatic carbocycles. The maximum absolute atomic E-state index is 13.6. The second kappa shape index (κ2) is 8.82. The Kier molecular flexibility index (Phi) is 6.40. The molecule has 0 aliphatic carbocycles. The number of carbonyl (C=O) groups is 1. The Morgan fingerprint density at radius 1 is 1.10 bits per heavy atom. The summed E-state index contributed by atoms with van der Waals surface area (Å²) in [4.78, 5) is 33.2. The van der Waals surface area contributed by atoms with Crippen LogP contribution in [0.4, 0.5) is 0 Å². The quantitative estimate of drug-likeness (QED) is 0.582. The van der Waals surface area contributed by atoms with Crippen molar-refractivity contribution in [1.29, 1.82) is 0 Å². The molecule has 0 aliphatic heterocycles. The first-order valence-electron chi connectivity index (χ1n) is 10.6. The van der Waals surface area contributed by atoms with Crippen LogP contribution in [0, 0.1) is 19.8 Å². The molecule has 1 atom stereocenters. The van der Waals surface area contributed by atoms with Gasteiger partial charge < -0.3 is 4.90 Å². The van der Waals surface area contributed by atoms with Crippen molar-refractivity contribution in [3.63, 3.8) is 0 Å². The number of para-hydroxylation sites is 1. The molecule has 0 spiro atoms. The van der Waals surface area contributed by atoms with Gasteiger partial charge in [-0.15, -0.1) is 0 Å². The van der Waals surface area contributed by atoms with Gasteiger partial charge in [-0.2, -0.15) is 0 Å². The van der Waals surface area contributed by atoms with Crippen molar-refractivity contribution in [3.05, 3.63) is 69.8 Å². The second-order valence-corrected chi connectivity index (χ2v) is 8.37. The van der Waals surface area contributed by atoms with Crippen LogP contribution < -0.4 is 5.56 Å². The van der Waals surface area contributed by atoms with Gasteiger partial charge >= 0.3 is 0 Å². The zero-order valence-electron chi connectivity index (χ0n) is 18.8. The predicted octanol–water partition coefficient (Wildman–Crippen LogP) is 4.96. The fraction of sp³-hybridized carbons (Fsp3) is 0.400. The standard InChI is InChI=1S/C25H31N3O2/c1-7-27(23(29)14-16(2)3)19(6)24-26-21-11-9-8-10-20(21)25(30)28(24)22-13-12-17(4)15-18(22)5/h8-13,15-16,19H,7,14H2,1-6H3/t19-/m0/s1. The Bertz CT molecular complexity index is 1130. The minimum Gasteiger partial charge on any atom is -0.333 e. The van der Waals surface area contributed by atoms with E-state index >= 15 is 0 Å². The number of rotatable bonds is 6. The van der Waals surface area contributed by atoms with Gasteiger partial charge in [0.05, 0.1) is 22.6 Å². The summed E-state index contributed by atoms with van der Waals surface area (Å²) in [6.07, 6.45) is 0.472. The normalized spacial score (nSPS) is 12.4. The zero-order valence-corrected chi connectivity index (χ0v) is 18.8. The van der Waals surface area contributed by atoms with Crippen molar-refractivity contribution in [2.24, 2.45) is 5.92 Å². The Morgan fingerprint density at radius 2 is 1.80 bits per heavy atom.